The smallest absolute Gasteiger partial charge is 0.127 e. The molecule has 0 radical (unpaired) electrons. The van der Waals surface area contributed by atoms with Crippen molar-refractivity contribution in [3.05, 3.63) is 29.8 Å². The quantitative estimate of drug-likeness (QED) is 0.613. The fourth-order valence-electron chi connectivity index (χ4n) is 1.41. The number of alkyl halides is 1. The number of rotatable bonds is 4. The molecule has 1 unspecified atom stereocenters. The molecule has 0 saturated heterocycles. The van der Waals surface area contributed by atoms with Gasteiger partial charge in [0.25, 0.3) is 0 Å². The molecule has 1 N–H and O–H groups in total. The lowest BCUT2D eigenvalue weighted by atomic mass is 10.2. The summed E-state index contributed by atoms with van der Waals surface area (Å²) in [5.74, 6) is 0.470. The molecule has 0 fully saturated rings. The van der Waals surface area contributed by atoms with Crippen LogP contribution >= 0.6 is 11.6 Å². The second kappa shape index (κ2) is 5.23. The number of halogens is 1. The van der Waals surface area contributed by atoms with E-state index in [1.165, 1.54) is 0 Å². The average molecular weight is 214 g/mol. The van der Waals surface area contributed by atoms with Crippen LogP contribution in [-0.2, 0) is 0 Å². The SMILES string of the molecule is Cc1ccccc1N(C)C(O)CCCl. The Bertz CT molecular complexity index is 290. The first kappa shape index (κ1) is 11.3. The topological polar surface area (TPSA) is 23.5 Å². The summed E-state index contributed by atoms with van der Waals surface area (Å²) < 4.78 is 0. The number of aliphatic hydroxyl groups excluding tert-OH is 1. The van der Waals surface area contributed by atoms with Gasteiger partial charge in [-0.1, -0.05) is 18.2 Å². The van der Waals surface area contributed by atoms with Crippen LogP contribution in [-0.4, -0.2) is 24.3 Å². The molecule has 0 spiro atoms. The largest absolute Gasteiger partial charge is 0.374 e. The molecule has 0 amide bonds. The minimum absolute atomic E-state index is 0.470. The van der Waals surface area contributed by atoms with E-state index >= 15 is 0 Å². The number of anilines is 1. The highest BCUT2D eigenvalue weighted by Gasteiger charge is 2.11. The molecule has 0 aliphatic heterocycles. The third-order valence-electron chi connectivity index (χ3n) is 2.31. The van der Waals surface area contributed by atoms with E-state index in [1.54, 1.807) is 0 Å². The predicted octanol–water partition coefficient (Wildman–Crippen LogP) is 2.38. The minimum atomic E-state index is -0.506. The highest BCUT2D eigenvalue weighted by Crippen LogP contribution is 2.20. The van der Waals surface area contributed by atoms with E-state index in [4.69, 9.17) is 11.6 Å². The molecule has 0 heterocycles. The Morgan fingerprint density at radius 3 is 2.64 bits per heavy atom. The molecule has 0 saturated carbocycles. The van der Waals surface area contributed by atoms with Crippen LogP contribution < -0.4 is 4.90 Å². The van der Waals surface area contributed by atoms with Crippen LogP contribution in [0.15, 0.2) is 24.3 Å². The second-order valence-electron chi connectivity index (χ2n) is 3.36. The lowest BCUT2D eigenvalue weighted by Crippen LogP contribution is -2.32. The number of para-hydroxylation sites is 1. The maximum Gasteiger partial charge on any atom is 0.127 e. The summed E-state index contributed by atoms with van der Waals surface area (Å²) in [5.41, 5.74) is 2.20. The number of aryl methyl sites for hydroxylation is 1. The third kappa shape index (κ3) is 2.63. The molecule has 0 aliphatic carbocycles. The van der Waals surface area contributed by atoms with Crippen molar-refractivity contribution in [2.24, 2.45) is 0 Å². The Labute approximate surface area is 90.1 Å². The van der Waals surface area contributed by atoms with Crippen LogP contribution in [0, 0.1) is 6.92 Å². The van der Waals surface area contributed by atoms with Crippen molar-refractivity contribution in [1.29, 1.82) is 0 Å². The van der Waals surface area contributed by atoms with Crippen LogP contribution in [0.4, 0.5) is 5.69 Å². The summed E-state index contributed by atoms with van der Waals surface area (Å²) in [5, 5.41) is 9.74. The van der Waals surface area contributed by atoms with Crippen LogP contribution in [0.3, 0.4) is 0 Å². The average Bonchev–Trinajstić information content (AvgIpc) is 2.18. The van der Waals surface area contributed by atoms with E-state index < -0.39 is 6.23 Å². The standard InChI is InChI=1S/C11H16ClNO/c1-9-5-3-4-6-10(9)13(2)11(14)7-8-12/h3-6,11,14H,7-8H2,1-2H3. The molecule has 0 bridgehead atoms. The molecule has 0 aliphatic rings. The molecule has 1 atom stereocenters. The fraction of sp³-hybridized carbons (Fsp3) is 0.455. The van der Waals surface area contributed by atoms with E-state index in [-0.39, 0.29) is 0 Å². The molecule has 3 heteroatoms. The number of hydrogen-bond acceptors (Lipinski definition) is 2. The molecule has 1 aromatic rings. The van der Waals surface area contributed by atoms with Crippen LogP contribution in [0.1, 0.15) is 12.0 Å². The van der Waals surface area contributed by atoms with Crippen molar-refractivity contribution in [2.45, 2.75) is 19.6 Å². The van der Waals surface area contributed by atoms with Crippen molar-refractivity contribution in [2.75, 3.05) is 17.8 Å². The Balaban J connectivity index is 2.78. The zero-order valence-corrected chi connectivity index (χ0v) is 9.33. The fourth-order valence-corrected chi connectivity index (χ4v) is 1.61. The van der Waals surface area contributed by atoms with Gasteiger partial charge < -0.3 is 10.0 Å². The summed E-state index contributed by atoms with van der Waals surface area (Å²) in [7, 11) is 1.87. The zero-order valence-electron chi connectivity index (χ0n) is 8.57. The van der Waals surface area contributed by atoms with Gasteiger partial charge in [-0.3, -0.25) is 0 Å². The van der Waals surface area contributed by atoms with Crippen molar-refractivity contribution in [3.63, 3.8) is 0 Å². The molecule has 1 rings (SSSR count). The van der Waals surface area contributed by atoms with Gasteiger partial charge in [0.15, 0.2) is 0 Å². The van der Waals surface area contributed by atoms with Gasteiger partial charge in [-0.05, 0) is 18.6 Å². The van der Waals surface area contributed by atoms with Gasteiger partial charge in [0, 0.05) is 25.0 Å². The Morgan fingerprint density at radius 1 is 1.43 bits per heavy atom. The number of hydrogen-bond donors (Lipinski definition) is 1. The molecule has 78 valence electrons. The first-order chi connectivity index (χ1) is 6.66. The van der Waals surface area contributed by atoms with E-state index in [0.29, 0.717) is 12.3 Å². The summed E-state index contributed by atoms with van der Waals surface area (Å²) in [6, 6.07) is 7.97. The van der Waals surface area contributed by atoms with Crippen LogP contribution in [0.25, 0.3) is 0 Å². The van der Waals surface area contributed by atoms with E-state index in [9.17, 15) is 5.11 Å². The van der Waals surface area contributed by atoms with Gasteiger partial charge in [0.05, 0.1) is 0 Å². The molecule has 1 aromatic carbocycles. The molecule has 0 aromatic heterocycles. The van der Waals surface area contributed by atoms with Gasteiger partial charge in [0.2, 0.25) is 0 Å². The molecule has 14 heavy (non-hydrogen) atoms. The van der Waals surface area contributed by atoms with Gasteiger partial charge in [-0.2, -0.15) is 0 Å². The Hall–Kier alpha value is -0.730. The first-order valence-corrected chi connectivity index (χ1v) is 5.22. The third-order valence-corrected chi connectivity index (χ3v) is 2.53. The highest BCUT2D eigenvalue weighted by atomic mass is 35.5. The summed E-state index contributed by atoms with van der Waals surface area (Å²) >= 11 is 5.58. The van der Waals surface area contributed by atoms with Crippen molar-refractivity contribution >= 4 is 17.3 Å². The van der Waals surface area contributed by atoms with Gasteiger partial charge in [0.1, 0.15) is 6.23 Å². The zero-order chi connectivity index (χ0) is 10.6. The molecular weight excluding hydrogens is 198 g/mol. The highest BCUT2D eigenvalue weighted by molar-refractivity contribution is 6.17. The molecular formula is C11H16ClNO. The van der Waals surface area contributed by atoms with Crippen molar-refractivity contribution in [1.82, 2.24) is 0 Å². The lowest BCUT2D eigenvalue weighted by molar-refractivity contribution is 0.171. The summed E-state index contributed by atoms with van der Waals surface area (Å²) in [6.45, 7) is 2.03. The lowest BCUT2D eigenvalue weighted by Gasteiger charge is -2.26. The van der Waals surface area contributed by atoms with Gasteiger partial charge in [-0.25, -0.2) is 0 Å². The van der Waals surface area contributed by atoms with E-state index in [0.717, 1.165) is 11.3 Å². The normalized spacial score (nSPS) is 12.6. The number of aliphatic hydroxyl groups is 1. The van der Waals surface area contributed by atoms with Gasteiger partial charge >= 0.3 is 0 Å². The maximum absolute atomic E-state index is 9.74. The number of nitrogens with zero attached hydrogens (tertiary/aromatic N) is 1. The first-order valence-electron chi connectivity index (χ1n) is 4.69. The van der Waals surface area contributed by atoms with Crippen LogP contribution in [0.2, 0.25) is 0 Å². The van der Waals surface area contributed by atoms with Crippen LogP contribution in [0.5, 0.6) is 0 Å². The van der Waals surface area contributed by atoms with Crippen molar-refractivity contribution in [3.8, 4) is 0 Å². The Kier molecular flexibility index (Phi) is 4.23. The van der Waals surface area contributed by atoms with E-state index in [1.807, 2.05) is 43.1 Å². The minimum Gasteiger partial charge on any atom is -0.374 e. The number of benzene rings is 1. The summed E-state index contributed by atoms with van der Waals surface area (Å²) in [6.07, 6.45) is 0.0699. The second-order valence-corrected chi connectivity index (χ2v) is 3.73. The van der Waals surface area contributed by atoms with Gasteiger partial charge in [-0.15, -0.1) is 11.6 Å². The monoisotopic (exact) mass is 213 g/mol. The predicted molar refractivity (Wildman–Crippen MR) is 60.9 cm³/mol. The molecule has 2 nitrogen and oxygen atoms in total. The summed E-state index contributed by atoms with van der Waals surface area (Å²) in [4.78, 5) is 1.84. The Morgan fingerprint density at radius 2 is 2.07 bits per heavy atom. The van der Waals surface area contributed by atoms with Crippen molar-refractivity contribution < 1.29 is 5.11 Å². The van der Waals surface area contributed by atoms with E-state index in [2.05, 4.69) is 0 Å². The maximum atomic E-state index is 9.74.